The smallest absolute Gasteiger partial charge is 0.420 e. The number of ether oxygens (including phenoxy) is 2. The summed E-state index contributed by atoms with van der Waals surface area (Å²) < 4.78 is 10.3. The van der Waals surface area contributed by atoms with Crippen molar-refractivity contribution in [2.75, 3.05) is 13.2 Å². The molecule has 8 nitrogen and oxygen atoms in total. The summed E-state index contributed by atoms with van der Waals surface area (Å²) in [5, 5.41) is 11.9. The number of nitrogens with one attached hydrogen (secondary N) is 1. The Hall–Kier alpha value is -2.35. The molecule has 0 spiro atoms. The first-order chi connectivity index (χ1) is 10.5. The molecule has 0 aliphatic carbocycles. The molecule has 122 valence electrons. The van der Waals surface area contributed by atoms with Gasteiger partial charge in [0.25, 0.3) is 5.88 Å². The molecule has 4 N–H and O–H groups in total. The van der Waals surface area contributed by atoms with E-state index < -0.39 is 17.7 Å². The van der Waals surface area contributed by atoms with Crippen LogP contribution < -0.4 is 20.5 Å². The first-order valence-electron chi connectivity index (χ1n) is 7.04. The number of carbonyl (C=O) groups is 2. The van der Waals surface area contributed by atoms with Crippen LogP contribution in [0.2, 0.25) is 0 Å². The molecule has 2 amide bonds. The lowest BCUT2D eigenvalue weighted by Gasteiger charge is -2.15. The largest absolute Gasteiger partial charge is 0.501 e. The second-order valence-electron chi connectivity index (χ2n) is 4.60. The number of hydrogen-bond acceptors (Lipinski definition) is 7. The molecule has 0 bridgehead atoms. The molecular weight excluding hydrogens is 290 g/mol. The molecule has 1 aromatic rings. The minimum atomic E-state index is -1.07. The Bertz CT molecular complexity index is 517. The van der Waals surface area contributed by atoms with Gasteiger partial charge in [0, 0.05) is 12.3 Å². The van der Waals surface area contributed by atoms with Gasteiger partial charge in [-0.15, -0.1) is 0 Å². The molecule has 0 atom stereocenters. The molecule has 0 unspecified atom stereocenters. The Morgan fingerprint density at radius 3 is 2.68 bits per heavy atom. The van der Waals surface area contributed by atoms with Crippen molar-refractivity contribution in [1.29, 1.82) is 0 Å². The minimum absolute atomic E-state index is 0.162. The van der Waals surface area contributed by atoms with E-state index in [0.29, 0.717) is 12.5 Å². The lowest BCUT2D eigenvalue weighted by Crippen LogP contribution is -2.37. The number of amides is 2. The van der Waals surface area contributed by atoms with Crippen LogP contribution in [0.3, 0.4) is 0 Å². The average molecular weight is 311 g/mol. The van der Waals surface area contributed by atoms with Gasteiger partial charge in [0.2, 0.25) is 11.7 Å². The number of rotatable bonds is 7. The molecule has 0 saturated carbocycles. The maximum absolute atomic E-state index is 11.4. The van der Waals surface area contributed by atoms with Gasteiger partial charge in [-0.2, -0.15) is 0 Å². The number of aromatic hydroxyl groups is 1. The van der Waals surface area contributed by atoms with Crippen LogP contribution in [0.1, 0.15) is 26.7 Å². The van der Waals surface area contributed by atoms with Crippen molar-refractivity contribution in [3.05, 3.63) is 12.3 Å². The van der Waals surface area contributed by atoms with Crippen molar-refractivity contribution < 1.29 is 24.2 Å². The van der Waals surface area contributed by atoms with Crippen molar-refractivity contribution >= 4 is 12.0 Å². The van der Waals surface area contributed by atoms with Gasteiger partial charge >= 0.3 is 6.09 Å². The quantitative estimate of drug-likeness (QED) is 0.690. The summed E-state index contributed by atoms with van der Waals surface area (Å²) in [6, 6.07) is 1.47. The van der Waals surface area contributed by atoms with Crippen LogP contribution in [0.15, 0.2) is 12.3 Å². The molecule has 22 heavy (non-hydrogen) atoms. The summed E-state index contributed by atoms with van der Waals surface area (Å²) in [5.41, 5.74) is 5.06. The van der Waals surface area contributed by atoms with E-state index in [2.05, 4.69) is 18.8 Å². The maximum Gasteiger partial charge on any atom is 0.420 e. The third-order valence-electron chi connectivity index (χ3n) is 3.10. The first kappa shape index (κ1) is 17.7. The highest BCUT2D eigenvalue weighted by Gasteiger charge is 2.17. The third-order valence-corrected chi connectivity index (χ3v) is 3.10. The number of nitrogens with zero attached hydrogens (tertiary/aromatic N) is 1. The van der Waals surface area contributed by atoms with E-state index in [4.69, 9.17) is 15.2 Å². The summed E-state index contributed by atoms with van der Waals surface area (Å²) in [4.78, 5) is 26.1. The number of nitrogens with two attached hydrogens (primary N) is 1. The van der Waals surface area contributed by atoms with Gasteiger partial charge in [-0.3, -0.25) is 10.1 Å². The fourth-order valence-electron chi connectivity index (χ4n) is 1.62. The Kier molecular flexibility index (Phi) is 7.11. The van der Waals surface area contributed by atoms with Gasteiger partial charge in [0.1, 0.15) is 0 Å². The maximum atomic E-state index is 11.4. The Morgan fingerprint density at radius 1 is 1.41 bits per heavy atom. The topological polar surface area (TPSA) is 124 Å². The van der Waals surface area contributed by atoms with Crippen molar-refractivity contribution in [3.8, 4) is 17.4 Å². The Balaban J connectivity index is 2.72. The number of hydrogen-bond donors (Lipinski definition) is 3. The fourth-order valence-corrected chi connectivity index (χ4v) is 1.62. The van der Waals surface area contributed by atoms with Gasteiger partial charge in [-0.1, -0.05) is 26.7 Å². The summed E-state index contributed by atoms with van der Waals surface area (Å²) in [7, 11) is 0. The molecule has 1 heterocycles. The van der Waals surface area contributed by atoms with Gasteiger partial charge in [-0.05, 0) is 5.92 Å². The highest BCUT2D eigenvalue weighted by molar-refractivity contribution is 5.93. The van der Waals surface area contributed by atoms with Crippen molar-refractivity contribution in [3.63, 3.8) is 0 Å². The molecule has 1 rings (SSSR count). The van der Waals surface area contributed by atoms with E-state index in [9.17, 15) is 14.7 Å². The zero-order chi connectivity index (χ0) is 16.5. The van der Waals surface area contributed by atoms with Crippen LogP contribution in [0.25, 0.3) is 0 Å². The molecule has 0 aromatic carbocycles. The minimum Gasteiger partial charge on any atom is -0.501 e. The number of pyridine rings is 1. The SMILES string of the molecule is CCC(CC)COc1ccnc(OC(=O)NC(=O)CN)c1O. The highest BCUT2D eigenvalue weighted by atomic mass is 16.6. The zero-order valence-corrected chi connectivity index (χ0v) is 12.7. The summed E-state index contributed by atoms with van der Waals surface area (Å²) >= 11 is 0. The molecule has 0 radical (unpaired) electrons. The van der Waals surface area contributed by atoms with E-state index in [-0.39, 0.29) is 18.2 Å². The number of imide groups is 1. The third kappa shape index (κ3) is 5.21. The number of carbonyl (C=O) groups excluding carboxylic acids is 2. The van der Waals surface area contributed by atoms with Crippen LogP contribution in [-0.4, -0.2) is 35.2 Å². The molecule has 8 heteroatoms. The predicted octanol–water partition coefficient (Wildman–Crippen LogP) is 1.18. The van der Waals surface area contributed by atoms with Crippen molar-refractivity contribution in [1.82, 2.24) is 10.3 Å². The van der Waals surface area contributed by atoms with E-state index in [1.807, 2.05) is 5.32 Å². The standard InChI is InChI=1S/C14H21N3O5/c1-3-9(4-2)8-21-10-5-6-16-13(12(10)19)22-14(20)17-11(18)7-15/h5-6,9,19H,3-4,7-8,15H2,1-2H3,(H,17,18,20). The molecular formula is C14H21N3O5. The van der Waals surface area contributed by atoms with Crippen LogP contribution in [-0.2, 0) is 4.79 Å². The zero-order valence-electron chi connectivity index (χ0n) is 12.7. The van der Waals surface area contributed by atoms with Crippen LogP contribution >= 0.6 is 0 Å². The van der Waals surface area contributed by atoms with Gasteiger partial charge < -0.3 is 20.3 Å². The average Bonchev–Trinajstić information content (AvgIpc) is 2.51. The van der Waals surface area contributed by atoms with Crippen LogP contribution in [0.5, 0.6) is 17.4 Å². The van der Waals surface area contributed by atoms with E-state index >= 15 is 0 Å². The number of aromatic nitrogens is 1. The van der Waals surface area contributed by atoms with Crippen molar-refractivity contribution in [2.24, 2.45) is 11.7 Å². The monoisotopic (exact) mass is 311 g/mol. The first-order valence-corrected chi connectivity index (χ1v) is 7.04. The second kappa shape index (κ2) is 8.83. The Morgan fingerprint density at radius 2 is 2.09 bits per heavy atom. The van der Waals surface area contributed by atoms with Crippen molar-refractivity contribution in [2.45, 2.75) is 26.7 Å². The van der Waals surface area contributed by atoms with Gasteiger partial charge in [0.05, 0.1) is 13.2 Å². The molecule has 1 aromatic heterocycles. The molecule has 0 fully saturated rings. The summed E-state index contributed by atoms with van der Waals surface area (Å²) in [6.07, 6.45) is 2.16. The lowest BCUT2D eigenvalue weighted by molar-refractivity contribution is -0.118. The predicted molar refractivity (Wildman–Crippen MR) is 78.7 cm³/mol. The van der Waals surface area contributed by atoms with Crippen LogP contribution in [0, 0.1) is 5.92 Å². The summed E-state index contributed by atoms with van der Waals surface area (Å²) in [5.74, 6) is -0.920. The van der Waals surface area contributed by atoms with Gasteiger partial charge in [-0.25, -0.2) is 9.78 Å². The van der Waals surface area contributed by atoms with Gasteiger partial charge in [0.15, 0.2) is 5.75 Å². The van der Waals surface area contributed by atoms with Crippen LogP contribution in [0.4, 0.5) is 4.79 Å². The Labute approximate surface area is 128 Å². The fraction of sp³-hybridized carbons (Fsp3) is 0.500. The highest BCUT2D eigenvalue weighted by Crippen LogP contribution is 2.34. The lowest BCUT2D eigenvalue weighted by atomic mass is 10.1. The molecule has 0 aliphatic rings. The normalized spacial score (nSPS) is 10.4. The van der Waals surface area contributed by atoms with E-state index in [0.717, 1.165) is 12.8 Å². The molecule has 0 saturated heterocycles. The summed E-state index contributed by atoms with van der Waals surface area (Å²) in [6.45, 7) is 4.18. The van der Waals surface area contributed by atoms with E-state index in [1.165, 1.54) is 12.3 Å². The van der Waals surface area contributed by atoms with E-state index in [1.54, 1.807) is 0 Å². The molecule has 0 aliphatic heterocycles. The second-order valence-corrected chi connectivity index (χ2v) is 4.60.